The Labute approximate surface area is 150 Å². The molecule has 0 aromatic carbocycles. The lowest BCUT2D eigenvalue weighted by molar-refractivity contribution is 0.448. The Balaban J connectivity index is 3.66. The van der Waals surface area contributed by atoms with Gasteiger partial charge in [-0.15, -0.1) is 0 Å². The van der Waals surface area contributed by atoms with Gasteiger partial charge in [-0.25, -0.2) is 0 Å². The third-order valence-electron chi connectivity index (χ3n) is 4.26. The normalized spacial score (nSPS) is 13.1. The van der Waals surface area contributed by atoms with Crippen LogP contribution in [0.15, 0.2) is 12.2 Å². The Hall–Kier alpha value is -0.390. The van der Waals surface area contributed by atoms with Crippen molar-refractivity contribution in [3.63, 3.8) is 0 Å². The Morgan fingerprint density at radius 2 is 1.42 bits per heavy atom. The van der Waals surface area contributed by atoms with Gasteiger partial charge in [0, 0.05) is 12.6 Å². The first-order chi connectivity index (χ1) is 11.3. The summed E-state index contributed by atoms with van der Waals surface area (Å²) in [5.41, 5.74) is 0.967. The maximum absolute atomic E-state index is 11.1. The molecule has 144 valence electrons. The second-order valence-corrected chi connectivity index (χ2v) is 8.60. The second-order valence-electron chi connectivity index (χ2n) is 7.11. The van der Waals surface area contributed by atoms with E-state index in [1.807, 2.05) is 6.92 Å². The summed E-state index contributed by atoms with van der Waals surface area (Å²) in [6.45, 7) is 8.55. The largest absolute Gasteiger partial charge is 0.309 e. The molecule has 0 fully saturated rings. The highest BCUT2D eigenvalue weighted by Gasteiger charge is 2.15. The molecule has 2 N–H and O–H groups in total. The monoisotopic (exact) mass is 361 g/mol. The highest BCUT2D eigenvalue weighted by atomic mass is 32.2. The lowest BCUT2D eigenvalue weighted by Crippen LogP contribution is -2.36. The summed E-state index contributed by atoms with van der Waals surface area (Å²) in [5, 5.41) is 3.17. The molecule has 1 unspecified atom stereocenters. The lowest BCUT2D eigenvalue weighted by Gasteiger charge is -2.17. The van der Waals surface area contributed by atoms with Crippen LogP contribution in [0.2, 0.25) is 0 Å². The van der Waals surface area contributed by atoms with Crippen molar-refractivity contribution in [3.8, 4) is 0 Å². The molecule has 0 aromatic rings. The van der Waals surface area contributed by atoms with Gasteiger partial charge >= 0.3 is 0 Å². The Bertz CT molecular complexity index is 407. The Morgan fingerprint density at radius 1 is 0.958 bits per heavy atom. The Kier molecular flexibility index (Phi) is 14.7. The standard InChI is InChI=1S/C19H39NO3S/c1-4-5-6-7-8-9-10-11-12-13-14-15-19(17-24(21,22)23)20-16-18(2)3/h19-20H,2,4-17H2,1,3H3,(H,21,22,23). The third-order valence-corrected chi connectivity index (χ3v) is 5.08. The number of unbranched alkanes of at least 4 members (excludes halogenated alkanes) is 10. The molecular weight excluding hydrogens is 322 g/mol. The maximum atomic E-state index is 11.1. The van der Waals surface area contributed by atoms with Crippen molar-refractivity contribution >= 4 is 10.1 Å². The molecule has 0 heterocycles. The smallest absolute Gasteiger partial charge is 0.266 e. The van der Waals surface area contributed by atoms with Gasteiger partial charge in [0.1, 0.15) is 0 Å². The molecule has 0 aromatic heterocycles. The van der Waals surface area contributed by atoms with E-state index in [1.54, 1.807) is 0 Å². The molecule has 1 atom stereocenters. The van der Waals surface area contributed by atoms with Crippen molar-refractivity contribution in [3.05, 3.63) is 12.2 Å². The molecule has 5 heteroatoms. The van der Waals surface area contributed by atoms with E-state index in [-0.39, 0.29) is 11.8 Å². The quantitative estimate of drug-likeness (QED) is 0.215. The van der Waals surface area contributed by atoms with Crippen LogP contribution in [0.5, 0.6) is 0 Å². The third kappa shape index (κ3) is 18.0. The van der Waals surface area contributed by atoms with Gasteiger partial charge in [-0.3, -0.25) is 4.55 Å². The van der Waals surface area contributed by atoms with Gasteiger partial charge in [0.05, 0.1) is 5.75 Å². The number of hydrogen-bond acceptors (Lipinski definition) is 3. The Morgan fingerprint density at radius 3 is 1.83 bits per heavy atom. The van der Waals surface area contributed by atoms with Crippen molar-refractivity contribution in [1.29, 1.82) is 0 Å². The highest BCUT2D eigenvalue weighted by molar-refractivity contribution is 7.85. The highest BCUT2D eigenvalue weighted by Crippen LogP contribution is 2.13. The minimum absolute atomic E-state index is 0.185. The van der Waals surface area contributed by atoms with Crippen LogP contribution in [0.1, 0.15) is 90.9 Å². The van der Waals surface area contributed by atoms with E-state index in [0.29, 0.717) is 6.54 Å². The van der Waals surface area contributed by atoms with Gasteiger partial charge in [0.15, 0.2) is 0 Å². The van der Waals surface area contributed by atoms with E-state index in [9.17, 15) is 8.42 Å². The van der Waals surface area contributed by atoms with E-state index in [4.69, 9.17) is 4.55 Å². The molecule has 0 bridgehead atoms. The molecule has 0 aliphatic carbocycles. The zero-order chi connectivity index (χ0) is 18.3. The minimum atomic E-state index is -3.93. The van der Waals surface area contributed by atoms with Crippen LogP contribution in [-0.4, -0.2) is 31.3 Å². The number of rotatable bonds is 17. The fraction of sp³-hybridized carbons (Fsp3) is 0.895. The van der Waals surface area contributed by atoms with Crippen LogP contribution in [0, 0.1) is 0 Å². The van der Waals surface area contributed by atoms with Crippen LogP contribution >= 0.6 is 0 Å². The first kappa shape index (κ1) is 23.6. The summed E-state index contributed by atoms with van der Waals surface area (Å²) in [6.07, 6.45) is 14.8. The molecule has 0 aliphatic heterocycles. The summed E-state index contributed by atoms with van der Waals surface area (Å²) >= 11 is 0. The predicted molar refractivity (Wildman–Crippen MR) is 104 cm³/mol. The summed E-state index contributed by atoms with van der Waals surface area (Å²) in [6, 6.07) is -0.185. The van der Waals surface area contributed by atoms with Crippen molar-refractivity contribution in [1.82, 2.24) is 5.32 Å². The molecule has 0 spiro atoms. The van der Waals surface area contributed by atoms with Crippen LogP contribution in [-0.2, 0) is 10.1 Å². The predicted octanol–water partition coefficient (Wildman–Crippen LogP) is 5.11. The summed E-state index contributed by atoms with van der Waals surface area (Å²) in [5.74, 6) is -0.210. The van der Waals surface area contributed by atoms with E-state index >= 15 is 0 Å². The first-order valence-corrected chi connectivity index (χ1v) is 11.3. The van der Waals surface area contributed by atoms with Gasteiger partial charge in [0.25, 0.3) is 10.1 Å². The molecule has 24 heavy (non-hydrogen) atoms. The van der Waals surface area contributed by atoms with Gasteiger partial charge in [-0.05, 0) is 13.3 Å². The SMILES string of the molecule is C=C(C)CNC(CCCCCCCCCCCCC)CS(=O)(=O)O. The number of hydrogen-bond donors (Lipinski definition) is 2. The van der Waals surface area contributed by atoms with Gasteiger partial charge < -0.3 is 5.32 Å². The fourth-order valence-electron chi connectivity index (χ4n) is 2.87. The second kappa shape index (κ2) is 14.9. The van der Waals surface area contributed by atoms with E-state index in [1.165, 1.54) is 57.8 Å². The van der Waals surface area contributed by atoms with Crippen molar-refractivity contribution in [2.75, 3.05) is 12.3 Å². The fourth-order valence-corrected chi connectivity index (χ4v) is 3.67. The van der Waals surface area contributed by atoms with Crippen molar-refractivity contribution in [2.45, 2.75) is 96.9 Å². The molecular formula is C19H39NO3S. The molecule has 0 radical (unpaired) electrons. The zero-order valence-corrected chi connectivity index (χ0v) is 16.7. The van der Waals surface area contributed by atoms with Crippen molar-refractivity contribution < 1.29 is 13.0 Å². The topological polar surface area (TPSA) is 66.4 Å². The van der Waals surface area contributed by atoms with Crippen LogP contribution in [0.25, 0.3) is 0 Å². The van der Waals surface area contributed by atoms with Gasteiger partial charge in [0.2, 0.25) is 0 Å². The number of nitrogens with one attached hydrogen (secondary N) is 1. The molecule has 0 saturated heterocycles. The van der Waals surface area contributed by atoms with E-state index in [2.05, 4.69) is 18.8 Å². The van der Waals surface area contributed by atoms with Crippen LogP contribution in [0.3, 0.4) is 0 Å². The summed E-state index contributed by atoms with van der Waals surface area (Å²) < 4.78 is 31.2. The van der Waals surface area contributed by atoms with Gasteiger partial charge in [-0.2, -0.15) is 8.42 Å². The average molecular weight is 362 g/mol. The summed E-state index contributed by atoms with van der Waals surface area (Å²) in [7, 11) is -3.93. The molecule has 0 amide bonds. The van der Waals surface area contributed by atoms with Crippen LogP contribution in [0.4, 0.5) is 0 Å². The maximum Gasteiger partial charge on any atom is 0.266 e. The van der Waals surface area contributed by atoms with Crippen LogP contribution < -0.4 is 5.32 Å². The first-order valence-electron chi connectivity index (χ1n) is 9.68. The molecule has 0 saturated carbocycles. The van der Waals surface area contributed by atoms with E-state index in [0.717, 1.165) is 24.8 Å². The van der Waals surface area contributed by atoms with Crippen molar-refractivity contribution in [2.24, 2.45) is 0 Å². The lowest BCUT2D eigenvalue weighted by atomic mass is 10.0. The van der Waals surface area contributed by atoms with Gasteiger partial charge in [-0.1, -0.05) is 89.7 Å². The summed E-state index contributed by atoms with van der Waals surface area (Å²) in [4.78, 5) is 0. The van der Waals surface area contributed by atoms with E-state index < -0.39 is 10.1 Å². The molecule has 4 nitrogen and oxygen atoms in total. The minimum Gasteiger partial charge on any atom is -0.309 e. The average Bonchev–Trinajstić information content (AvgIpc) is 2.48. The molecule has 0 rings (SSSR count). The zero-order valence-electron chi connectivity index (χ0n) is 15.9. The molecule has 0 aliphatic rings.